The third-order valence-electron chi connectivity index (χ3n) is 2.67. The van der Waals surface area contributed by atoms with Gasteiger partial charge in [-0.1, -0.05) is 38.1 Å². The van der Waals surface area contributed by atoms with E-state index in [4.69, 9.17) is 5.11 Å². The molecule has 0 spiro atoms. The van der Waals surface area contributed by atoms with Crippen LogP contribution in [0.5, 0.6) is 0 Å². The highest BCUT2D eigenvalue weighted by molar-refractivity contribution is 5.73. The van der Waals surface area contributed by atoms with Gasteiger partial charge in [0.25, 0.3) is 0 Å². The molecule has 0 bridgehead atoms. The molecule has 1 aromatic rings. The summed E-state index contributed by atoms with van der Waals surface area (Å²) in [6, 6.07) is 7.08. The number of carbonyl (C=O) groups is 1. The predicted molar refractivity (Wildman–Crippen MR) is 57.7 cm³/mol. The molecule has 0 saturated carbocycles. The molecule has 0 saturated heterocycles. The summed E-state index contributed by atoms with van der Waals surface area (Å²) < 4.78 is 0. The van der Waals surface area contributed by atoms with Gasteiger partial charge < -0.3 is 10.2 Å². The molecule has 15 heavy (non-hydrogen) atoms. The lowest BCUT2D eigenvalue weighted by atomic mass is 9.96. The van der Waals surface area contributed by atoms with Gasteiger partial charge in [0.1, 0.15) is 0 Å². The van der Waals surface area contributed by atoms with Gasteiger partial charge in [-0.25, -0.2) is 4.79 Å². The Bertz CT molecular complexity index is 329. The third kappa shape index (κ3) is 2.80. The highest BCUT2D eigenvalue weighted by Gasteiger charge is 2.15. The molecule has 1 aromatic carbocycles. The van der Waals surface area contributed by atoms with E-state index in [1.165, 1.54) is 5.56 Å². The lowest BCUT2D eigenvalue weighted by Crippen LogP contribution is -2.10. The zero-order valence-electron chi connectivity index (χ0n) is 8.97. The van der Waals surface area contributed by atoms with Crippen molar-refractivity contribution in [3.8, 4) is 0 Å². The van der Waals surface area contributed by atoms with Gasteiger partial charge in [0.05, 0.1) is 0 Å². The van der Waals surface area contributed by atoms with Gasteiger partial charge in [0.15, 0.2) is 6.10 Å². The van der Waals surface area contributed by atoms with E-state index in [-0.39, 0.29) is 0 Å². The summed E-state index contributed by atoms with van der Waals surface area (Å²) >= 11 is 0. The van der Waals surface area contributed by atoms with Crippen molar-refractivity contribution in [2.24, 2.45) is 0 Å². The zero-order valence-corrected chi connectivity index (χ0v) is 8.97. The van der Waals surface area contributed by atoms with Crippen molar-refractivity contribution < 1.29 is 15.0 Å². The van der Waals surface area contributed by atoms with Crippen molar-refractivity contribution in [2.45, 2.75) is 32.3 Å². The van der Waals surface area contributed by atoms with Crippen molar-refractivity contribution >= 4 is 5.97 Å². The predicted octanol–water partition coefficient (Wildman–Crippen LogP) is 2.32. The fourth-order valence-electron chi connectivity index (χ4n) is 1.39. The van der Waals surface area contributed by atoms with Crippen LogP contribution < -0.4 is 0 Å². The highest BCUT2D eigenvalue weighted by Crippen LogP contribution is 2.21. The van der Waals surface area contributed by atoms with Crippen LogP contribution in [0.2, 0.25) is 0 Å². The maximum atomic E-state index is 10.5. The van der Waals surface area contributed by atoms with E-state index in [1.54, 1.807) is 12.1 Å². The van der Waals surface area contributed by atoms with Gasteiger partial charge in [-0.2, -0.15) is 0 Å². The summed E-state index contributed by atoms with van der Waals surface area (Å²) in [4.78, 5) is 10.5. The van der Waals surface area contributed by atoms with E-state index in [0.717, 1.165) is 6.42 Å². The Morgan fingerprint density at radius 2 is 1.73 bits per heavy atom. The lowest BCUT2D eigenvalue weighted by Gasteiger charge is -2.11. The van der Waals surface area contributed by atoms with Gasteiger partial charge in [-0.15, -0.1) is 0 Å². The number of aliphatic hydroxyl groups excluding tert-OH is 1. The Morgan fingerprint density at radius 1 is 1.27 bits per heavy atom. The lowest BCUT2D eigenvalue weighted by molar-refractivity contribution is -0.146. The zero-order chi connectivity index (χ0) is 11.4. The summed E-state index contributed by atoms with van der Waals surface area (Å²) in [6.07, 6.45) is -0.378. The van der Waals surface area contributed by atoms with E-state index in [9.17, 15) is 9.90 Å². The van der Waals surface area contributed by atoms with E-state index in [2.05, 4.69) is 13.8 Å². The normalized spacial score (nSPS) is 14.6. The Labute approximate surface area is 89.4 Å². The SMILES string of the molecule is CCC(C)c1ccc(C(O)C(=O)O)cc1. The molecule has 0 aliphatic heterocycles. The van der Waals surface area contributed by atoms with Crippen LogP contribution in [-0.2, 0) is 4.79 Å². The number of aliphatic carboxylic acids is 1. The molecule has 1 rings (SSSR count). The number of carboxylic acids is 1. The molecule has 3 nitrogen and oxygen atoms in total. The number of carboxylic acid groups (broad SMARTS) is 1. The molecule has 2 atom stereocenters. The maximum Gasteiger partial charge on any atom is 0.337 e. The Hall–Kier alpha value is -1.35. The number of aliphatic hydroxyl groups is 1. The Balaban J connectivity index is 2.85. The maximum absolute atomic E-state index is 10.5. The van der Waals surface area contributed by atoms with Crippen LogP contribution in [0.15, 0.2) is 24.3 Å². The number of benzene rings is 1. The van der Waals surface area contributed by atoms with E-state index in [0.29, 0.717) is 11.5 Å². The van der Waals surface area contributed by atoms with Crippen molar-refractivity contribution in [3.05, 3.63) is 35.4 Å². The van der Waals surface area contributed by atoms with Gasteiger partial charge in [0, 0.05) is 0 Å². The number of hydrogen-bond donors (Lipinski definition) is 2. The second-order valence-electron chi connectivity index (χ2n) is 3.72. The van der Waals surface area contributed by atoms with Crippen LogP contribution in [0.25, 0.3) is 0 Å². The molecule has 0 fully saturated rings. The molecule has 0 aromatic heterocycles. The molecule has 0 radical (unpaired) electrons. The van der Waals surface area contributed by atoms with E-state index >= 15 is 0 Å². The monoisotopic (exact) mass is 208 g/mol. The minimum Gasteiger partial charge on any atom is -0.479 e. The second kappa shape index (κ2) is 4.94. The van der Waals surface area contributed by atoms with Crippen LogP contribution >= 0.6 is 0 Å². The molecular formula is C12H16O3. The summed E-state index contributed by atoms with van der Waals surface area (Å²) in [6.45, 7) is 4.22. The first-order valence-electron chi connectivity index (χ1n) is 5.07. The molecule has 0 amide bonds. The van der Waals surface area contributed by atoms with Crippen molar-refractivity contribution in [3.63, 3.8) is 0 Å². The third-order valence-corrected chi connectivity index (χ3v) is 2.67. The van der Waals surface area contributed by atoms with E-state index in [1.807, 2.05) is 12.1 Å². The molecule has 2 N–H and O–H groups in total. The van der Waals surface area contributed by atoms with Gasteiger partial charge >= 0.3 is 5.97 Å². The first-order chi connectivity index (χ1) is 7.06. The quantitative estimate of drug-likeness (QED) is 0.798. The van der Waals surface area contributed by atoms with Gasteiger partial charge in [-0.3, -0.25) is 0 Å². The van der Waals surface area contributed by atoms with Crippen LogP contribution in [0.4, 0.5) is 0 Å². The Morgan fingerprint density at radius 3 is 2.13 bits per heavy atom. The van der Waals surface area contributed by atoms with Gasteiger partial charge in [-0.05, 0) is 23.5 Å². The van der Waals surface area contributed by atoms with Crippen molar-refractivity contribution in [1.82, 2.24) is 0 Å². The fourth-order valence-corrected chi connectivity index (χ4v) is 1.39. The molecule has 0 aliphatic rings. The first-order valence-corrected chi connectivity index (χ1v) is 5.07. The van der Waals surface area contributed by atoms with Crippen LogP contribution in [-0.4, -0.2) is 16.2 Å². The fraction of sp³-hybridized carbons (Fsp3) is 0.417. The standard InChI is InChI=1S/C12H16O3/c1-3-8(2)9-4-6-10(7-5-9)11(13)12(14)15/h4-8,11,13H,3H2,1-2H3,(H,14,15). The van der Waals surface area contributed by atoms with E-state index < -0.39 is 12.1 Å². The molecular weight excluding hydrogens is 192 g/mol. The van der Waals surface area contributed by atoms with Crippen LogP contribution in [0, 0.1) is 0 Å². The van der Waals surface area contributed by atoms with Gasteiger partial charge in [0.2, 0.25) is 0 Å². The largest absolute Gasteiger partial charge is 0.479 e. The summed E-state index contributed by atoms with van der Waals surface area (Å²) in [7, 11) is 0. The Kier molecular flexibility index (Phi) is 3.86. The molecule has 0 aliphatic carbocycles. The average Bonchev–Trinajstić information content (AvgIpc) is 2.27. The molecule has 2 unspecified atom stereocenters. The second-order valence-corrected chi connectivity index (χ2v) is 3.72. The highest BCUT2D eigenvalue weighted by atomic mass is 16.4. The van der Waals surface area contributed by atoms with Crippen LogP contribution in [0.1, 0.15) is 43.4 Å². The summed E-state index contributed by atoms with van der Waals surface area (Å²) in [5.74, 6) is -0.757. The molecule has 3 heteroatoms. The number of hydrogen-bond acceptors (Lipinski definition) is 2. The minimum atomic E-state index is -1.42. The molecule has 82 valence electrons. The summed E-state index contributed by atoms with van der Waals surface area (Å²) in [5, 5.41) is 17.9. The average molecular weight is 208 g/mol. The summed E-state index contributed by atoms with van der Waals surface area (Å²) in [5.41, 5.74) is 1.59. The van der Waals surface area contributed by atoms with Crippen LogP contribution in [0.3, 0.4) is 0 Å². The topological polar surface area (TPSA) is 57.5 Å². The van der Waals surface area contributed by atoms with Crippen molar-refractivity contribution in [1.29, 1.82) is 0 Å². The molecule has 0 heterocycles. The van der Waals surface area contributed by atoms with Crippen molar-refractivity contribution in [2.75, 3.05) is 0 Å². The smallest absolute Gasteiger partial charge is 0.337 e. The number of rotatable bonds is 4. The minimum absolute atomic E-state index is 0.426. The first kappa shape index (κ1) is 11.7.